The van der Waals surface area contributed by atoms with E-state index in [0.717, 1.165) is 16.9 Å². The van der Waals surface area contributed by atoms with Gasteiger partial charge in [0.25, 0.3) is 0 Å². The molecule has 4 heterocycles. The second-order valence-electron chi connectivity index (χ2n) is 4.34. The van der Waals surface area contributed by atoms with Crippen molar-refractivity contribution in [3.63, 3.8) is 0 Å². The van der Waals surface area contributed by atoms with Crippen LogP contribution in [0.4, 0.5) is 0 Å². The van der Waals surface area contributed by atoms with Crippen molar-refractivity contribution in [2.24, 2.45) is 0 Å². The van der Waals surface area contributed by atoms with Gasteiger partial charge in [-0.1, -0.05) is 17.3 Å². The molecule has 0 radical (unpaired) electrons. The highest BCUT2D eigenvalue weighted by Crippen LogP contribution is 2.22. The second-order valence-corrected chi connectivity index (χ2v) is 4.34. The monoisotopic (exact) mass is 275 g/mol. The lowest BCUT2D eigenvalue weighted by molar-refractivity contribution is 0.856. The Balaban J connectivity index is 1.87. The van der Waals surface area contributed by atoms with Crippen LogP contribution in [0, 0.1) is 0 Å². The fraction of sp³-hybridized carbons (Fsp3) is 0. The first-order valence-corrected chi connectivity index (χ1v) is 6.32. The van der Waals surface area contributed by atoms with Crippen LogP contribution in [0.25, 0.3) is 28.4 Å². The van der Waals surface area contributed by atoms with Crippen LogP contribution in [0.1, 0.15) is 0 Å². The SMILES string of the molecule is c1cc(-c2ncncn2)nc(-c2nnn3ccccc23)c1. The molecule has 7 heteroatoms. The molecule has 0 aliphatic heterocycles. The molecule has 0 spiro atoms. The standard InChI is InChI=1S/C14H9N7/c1-2-7-21-12(6-1)13(19-20-21)10-4-3-5-11(18-10)14-16-8-15-9-17-14/h1-9H. The summed E-state index contributed by atoms with van der Waals surface area (Å²) in [4.78, 5) is 16.6. The second kappa shape index (κ2) is 4.71. The van der Waals surface area contributed by atoms with E-state index in [1.54, 1.807) is 4.52 Å². The predicted molar refractivity (Wildman–Crippen MR) is 75.0 cm³/mol. The minimum atomic E-state index is 0.531. The Morgan fingerprint density at radius 2 is 1.71 bits per heavy atom. The zero-order valence-electron chi connectivity index (χ0n) is 10.8. The van der Waals surface area contributed by atoms with E-state index in [-0.39, 0.29) is 0 Å². The van der Waals surface area contributed by atoms with Crippen molar-refractivity contribution >= 4 is 5.52 Å². The van der Waals surface area contributed by atoms with E-state index < -0.39 is 0 Å². The van der Waals surface area contributed by atoms with Gasteiger partial charge in [0.15, 0.2) is 5.82 Å². The molecule has 4 rings (SSSR count). The van der Waals surface area contributed by atoms with E-state index in [1.807, 2.05) is 42.6 Å². The first kappa shape index (κ1) is 11.6. The first-order valence-electron chi connectivity index (χ1n) is 6.32. The summed E-state index contributed by atoms with van der Waals surface area (Å²) < 4.78 is 1.71. The summed E-state index contributed by atoms with van der Waals surface area (Å²) in [5, 5.41) is 8.28. The number of fused-ring (bicyclic) bond motifs is 1. The van der Waals surface area contributed by atoms with Gasteiger partial charge in [-0.3, -0.25) is 0 Å². The third kappa shape index (κ3) is 2.00. The highest BCUT2D eigenvalue weighted by atomic mass is 15.4. The Hall–Kier alpha value is -3.22. The fourth-order valence-electron chi connectivity index (χ4n) is 2.09. The van der Waals surface area contributed by atoms with Crippen molar-refractivity contribution < 1.29 is 0 Å². The Morgan fingerprint density at radius 1 is 0.857 bits per heavy atom. The molecule has 0 aromatic carbocycles. The van der Waals surface area contributed by atoms with Gasteiger partial charge in [0.2, 0.25) is 0 Å². The van der Waals surface area contributed by atoms with Gasteiger partial charge >= 0.3 is 0 Å². The fourth-order valence-corrected chi connectivity index (χ4v) is 2.09. The molecule has 21 heavy (non-hydrogen) atoms. The quantitative estimate of drug-likeness (QED) is 0.553. The Kier molecular flexibility index (Phi) is 2.60. The van der Waals surface area contributed by atoms with Crippen molar-refractivity contribution in [3.8, 4) is 22.9 Å². The van der Waals surface area contributed by atoms with Crippen LogP contribution < -0.4 is 0 Å². The zero-order valence-corrected chi connectivity index (χ0v) is 10.8. The van der Waals surface area contributed by atoms with Crippen LogP contribution in [-0.4, -0.2) is 34.8 Å². The van der Waals surface area contributed by atoms with E-state index in [9.17, 15) is 0 Å². The van der Waals surface area contributed by atoms with Gasteiger partial charge in [-0.05, 0) is 24.3 Å². The van der Waals surface area contributed by atoms with Gasteiger partial charge in [-0.25, -0.2) is 24.5 Å². The molecule has 0 unspecified atom stereocenters. The number of nitrogens with zero attached hydrogens (tertiary/aromatic N) is 7. The molecule has 4 aromatic rings. The van der Waals surface area contributed by atoms with Crippen molar-refractivity contribution in [2.45, 2.75) is 0 Å². The molecule has 0 saturated heterocycles. The number of hydrogen-bond acceptors (Lipinski definition) is 6. The molecule has 0 atom stereocenters. The summed E-state index contributed by atoms with van der Waals surface area (Å²) >= 11 is 0. The van der Waals surface area contributed by atoms with Crippen LogP contribution in [0.5, 0.6) is 0 Å². The van der Waals surface area contributed by atoms with Gasteiger partial charge in [0.1, 0.15) is 24.0 Å². The number of hydrogen-bond donors (Lipinski definition) is 0. The summed E-state index contributed by atoms with van der Waals surface area (Å²) in [5.74, 6) is 0.531. The summed E-state index contributed by atoms with van der Waals surface area (Å²) in [6.45, 7) is 0. The van der Waals surface area contributed by atoms with Gasteiger partial charge < -0.3 is 0 Å². The van der Waals surface area contributed by atoms with Crippen molar-refractivity contribution in [1.82, 2.24) is 34.8 Å². The molecule has 0 amide bonds. The highest BCUT2D eigenvalue weighted by Gasteiger charge is 2.11. The maximum Gasteiger partial charge on any atom is 0.181 e. The molecule has 0 fully saturated rings. The zero-order chi connectivity index (χ0) is 14.1. The first-order chi connectivity index (χ1) is 10.4. The van der Waals surface area contributed by atoms with Gasteiger partial charge in [-0.2, -0.15) is 0 Å². The van der Waals surface area contributed by atoms with Crippen molar-refractivity contribution in [2.75, 3.05) is 0 Å². The van der Waals surface area contributed by atoms with Crippen molar-refractivity contribution in [1.29, 1.82) is 0 Å². The normalized spacial score (nSPS) is 10.9. The van der Waals surface area contributed by atoms with Crippen LogP contribution in [-0.2, 0) is 0 Å². The topological polar surface area (TPSA) is 81.8 Å². The molecule has 0 aliphatic carbocycles. The number of aromatic nitrogens is 7. The summed E-state index contributed by atoms with van der Waals surface area (Å²) in [5.41, 5.74) is 3.03. The van der Waals surface area contributed by atoms with Crippen LogP contribution in [0.3, 0.4) is 0 Å². The third-order valence-corrected chi connectivity index (χ3v) is 3.04. The van der Waals surface area contributed by atoms with Crippen molar-refractivity contribution in [3.05, 3.63) is 55.2 Å². The van der Waals surface area contributed by atoms with Crippen LogP contribution in [0.2, 0.25) is 0 Å². The molecule has 4 aromatic heterocycles. The summed E-state index contributed by atoms with van der Waals surface area (Å²) in [6, 6.07) is 11.4. The molecule has 0 N–H and O–H groups in total. The summed E-state index contributed by atoms with van der Waals surface area (Å²) in [6.07, 6.45) is 4.75. The lowest BCUT2D eigenvalue weighted by Gasteiger charge is -2.01. The van der Waals surface area contributed by atoms with Crippen LogP contribution >= 0.6 is 0 Å². The lowest BCUT2D eigenvalue weighted by atomic mass is 10.2. The largest absolute Gasteiger partial charge is 0.243 e. The summed E-state index contributed by atoms with van der Waals surface area (Å²) in [7, 11) is 0. The highest BCUT2D eigenvalue weighted by molar-refractivity contribution is 5.74. The maximum atomic E-state index is 4.57. The minimum absolute atomic E-state index is 0.531. The molecule has 0 saturated carbocycles. The molecular weight excluding hydrogens is 266 g/mol. The molecule has 0 bridgehead atoms. The Bertz CT molecular complexity index is 901. The average molecular weight is 275 g/mol. The van der Waals surface area contributed by atoms with E-state index >= 15 is 0 Å². The van der Waals surface area contributed by atoms with Gasteiger partial charge in [0.05, 0.1) is 11.2 Å². The maximum absolute atomic E-state index is 4.57. The lowest BCUT2D eigenvalue weighted by Crippen LogP contribution is -1.93. The third-order valence-electron chi connectivity index (χ3n) is 3.04. The minimum Gasteiger partial charge on any atom is -0.243 e. The smallest absolute Gasteiger partial charge is 0.181 e. The molecule has 100 valence electrons. The molecule has 7 nitrogen and oxygen atoms in total. The van der Waals surface area contributed by atoms with E-state index in [1.165, 1.54) is 12.7 Å². The molecular formula is C14H9N7. The van der Waals surface area contributed by atoms with E-state index in [4.69, 9.17) is 0 Å². The van der Waals surface area contributed by atoms with Gasteiger partial charge in [-0.15, -0.1) is 5.10 Å². The Labute approximate surface area is 119 Å². The number of rotatable bonds is 2. The van der Waals surface area contributed by atoms with E-state index in [2.05, 4.69) is 30.2 Å². The van der Waals surface area contributed by atoms with E-state index in [0.29, 0.717) is 11.5 Å². The Morgan fingerprint density at radius 3 is 2.62 bits per heavy atom. The van der Waals surface area contributed by atoms with Gasteiger partial charge in [0, 0.05) is 6.20 Å². The van der Waals surface area contributed by atoms with Crippen LogP contribution in [0.15, 0.2) is 55.2 Å². The average Bonchev–Trinajstić information content (AvgIpc) is 3.00. The number of pyridine rings is 2. The predicted octanol–water partition coefficient (Wildman–Crippen LogP) is 1.64. The molecule has 0 aliphatic rings.